The number of phenolic OH excluding ortho intramolecular Hbond substituents is 1. The SMILES string of the molecule is CC1(C)S[C@@H]2[C@H](N3C(=O)C(c4ccc(O)cc4)NC3c3ccc(S(=O)(=O)O)o3)C(=O)N2[C@H]1C(=O)O. The third-order valence-corrected chi connectivity index (χ3v) is 8.69. The van der Waals surface area contributed by atoms with E-state index in [9.17, 15) is 37.6 Å². The van der Waals surface area contributed by atoms with Crippen molar-refractivity contribution in [1.29, 1.82) is 0 Å². The molecule has 5 atom stereocenters. The quantitative estimate of drug-likeness (QED) is 0.323. The molecular weight excluding hydrogens is 502 g/mol. The summed E-state index contributed by atoms with van der Waals surface area (Å²) in [5.74, 6) is -2.25. The standard InChI is InChI=1S/C21H21N3O9S2/c1-21(2)15(20(28)29)24-18(27)14(19(24)34-21)23-16(11-7-8-12(33-11)35(30,31)32)22-13(17(23)26)9-3-5-10(25)6-4-9/h3-8,13-16,19,22,25H,1-2H3,(H,28,29)(H,30,31,32)/t13?,14-,15+,16?,19-/m1/s1. The van der Waals surface area contributed by atoms with Crippen molar-refractivity contribution in [2.75, 3.05) is 0 Å². The molecule has 2 aromatic rings. The lowest BCUT2D eigenvalue weighted by molar-refractivity contribution is -0.169. The van der Waals surface area contributed by atoms with Gasteiger partial charge < -0.3 is 24.4 Å². The van der Waals surface area contributed by atoms with E-state index >= 15 is 0 Å². The third kappa shape index (κ3) is 3.59. The molecular formula is C21H21N3O9S2. The molecule has 1 aromatic carbocycles. The molecule has 0 radical (unpaired) electrons. The average molecular weight is 524 g/mol. The summed E-state index contributed by atoms with van der Waals surface area (Å²) in [4.78, 5) is 41.2. The number of rotatable bonds is 5. The van der Waals surface area contributed by atoms with Gasteiger partial charge in [0.25, 0.3) is 0 Å². The van der Waals surface area contributed by atoms with E-state index in [0.29, 0.717) is 5.56 Å². The van der Waals surface area contributed by atoms with Crippen LogP contribution in [0.4, 0.5) is 0 Å². The Morgan fingerprint density at radius 3 is 2.31 bits per heavy atom. The Labute approximate surface area is 203 Å². The lowest BCUT2D eigenvalue weighted by atomic mass is 9.95. The fraction of sp³-hybridized carbons (Fsp3) is 0.381. The number of carbonyl (C=O) groups excluding carboxylic acids is 2. The predicted octanol–water partition coefficient (Wildman–Crippen LogP) is 0.919. The van der Waals surface area contributed by atoms with Gasteiger partial charge in [-0.2, -0.15) is 8.42 Å². The predicted molar refractivity (Wildman–Crippen MR) is 120 cm³/mol. The number of β-lactam (4-membered cyclic amide) rings is 1. The molecule has 3 fully saturated rings. The number of nitrogens with zero attached hydrogens (tertiary/aromatic N) is 2. The summed E-state index contributed by atoms with van der Waals surface area (Å²) in [5.41, 5.74) is 0.480. The minimum Gasteiger partial charge on any atom is -0.508 e. The van der Waals surface area contributed by atoms with Crippen molar-refractivity contribution >= 4 is 39.7 Å². The number of aromatic hydroxyl groups is 1. The number of carboxylic acids is 1. The van der Waals surface area contributed by atoms with Crippen LogP contribution in [0.5, 0.6) is 5.75 Å². The first-order chi connectivity index (χ1) is 16.3. The average Bonchev–Trinajstić information content (AvgIpc) is 3.43. The van der Waals surface area contributed by atoms with Crippen LogP contribution in [0.3, 0.4) is 0 Å². The zero-order valence-corrected chi connectivity index (χ0v) is 20.0. The second-order valence-corrected chi connectivity index (χ2v) is 12.1. The van der Waals surface area contributed by atoms with Crippen LogP contribution in [0, 0.1) is 0 Å². The molecule has 4 N–H and O–H groups in total. The Balaban J connectivity index is 1.55. The van der Waals surface area contributed by atoms with Crippen molar-refractivity contribution in [3.8, 4) is 5.75 Å². The summed E-state index contributed by atoms with van der Waals surface area (Å²) in [5, 5.41) is 21.0. The van der Waals surface area contributed by atoms with E-state index < -0.39 is 67.4 Å². The molecule has 14 heteroatoms. The summed E-state index contributed by atoms with van der Waals surface area (Å²) in [7, 11) is -4.65. The van der Waals surface area contributed by atoms with Gasteiger partial charge in [-0.05, 0) is 43.7 Å². The van der Waals surface area contributed by atoms with Crippen molar-refractivity contribution in [2.45, 2.75) is 53.4 Å². The molecule has 2 unspecified atom stereocenters. The van der Waals surface area contributed by atoms with Crippen molar-refractivity contribution in [1.82, 2.24) is 15.1 Å². The minimum atomic E-state index is -4.65. The molecule has 35 heavy (non-hydrogen) atoms. The highest BCUT2D eigenvalue weighted by Crippen LogP contribution is 2.54. The lowest BCUT2D eigenvalue weighted by Crippen LogP contribution is -2.71. The van der Waals surface area contributed by atoms with Gasteiger partial charge in [-0.15, -0.1) is 11.8 Å². The molecule has 3 saturated heterocycles. The number of hydrogen-bond acceptors (Lipinski definition) is 9. The second kappa shape index (κ2) is 7.71. The summed E-state index contributed by atoms with van der Waals surface area (Å²) in [6.07, 6.45) is -1.08. The first-order valence-electron chi connectivity index (χ1n) is 10.5. The first-order valence-corrected chi connectivity index (χ1v) is 12.8. The Bertz CT molecular complexity index is 1340. The molecule has 3 aliphatic rings. The largest absolute Gasteiger partial charge is 0.508 e. The van der Waals surface area contributed by atoms with Crippen LogP contribution < -0.4 is 5.32 Å². The number of phenols is 1. The number of hydrogen-bond donors (Lipinski definition) is 4. The number of nitrogens with one attached hydrogen (secondary N) is 1. The fourth-order valence-corrected chi connectivity index (χ4v) is 7.00. The van der Waals surface area contributed by atoms with E-state index in [1.54, 1.807) is 13.8 Å². The molecule has 0 bridgehead atoms. The van der Waals surface area contributed by atoms with Gasteiger partial charge in [-0.25, -0.2) is 4.79 Å². The number of aliphatic carboxylic acids is 1. The molecule has 0 aliphatic carbocycles. The fourth-order valence-electron chi connectivity index (χ4n) is 4.88. The number of amides is 2. The number of benzene rings is 1. The van der Waals surface area contributed by atoms with Gasteiger partial charge in [0.15, 0.2) is 0 Å². The van der Waals surface area contributed by atoms with Crippen LogP contribution in [0.15, 0.2) is 45.9 Å². The number of thioether (sulfide) groups is 1. The van der Waals surface area contributed by atoms with E-state index in [-0.39, 0.29) is 11.5 Å². The first kappa shape index (κ1) is 23.7. The summed E-state index contributed by atoms with van der Waals surface area (Å²) >= 11 is 1.26. The van der Waals surface area contributed by atoms with Gasteiger partial charge in [-0.1, -0.05) is 12.1 Å². The number of furan rings is 1. The Kier molecular flexibility index (Phi) is 5.22. The summed E-state index contributed by atoms with van der Waals surface area (Å²) in [6.45, 7) is 3.43. The van der Waals surface area contributed by atoms with Crippen molar-refractivity contribution in [2.24, 2.45) is 0 Å². The normalized spacial score (nSPS) is 29.9. The van der Waals surface area contributed by atoms with Crippen molar-refractivity contribution in [3.63, 3.8) is 0 Å². The number of carboxylic acid groups (broad SMARTS) is 1. The Hall–Kier alpha value is -3.07. The minimum absolute atomic E-state index is 0.00876. The molecule has 0 spiro atoms. The number of carbonyl (C=O) groups is 3. The van der Waals surface area contributed by atoms with Crippen LogP contribution in [-0.4, -0.2) is 73.0 Å². The van der Waals surface area contributed by atoms with E-state index in [2.05, 4.69) is 5.32 Å². The van der Waals surface area contributed by atoms with Gasteiger partial charge in [0.05, 0.1) is 0 Å². The van der Waals surface area contributed by atoms with Crippen LogP contribution in [0.2, 0.25) is 0 Å². The monoisotopic (exact) mass is 523 g/mol. The van der Waals surface area contributed by atoms with E-state index in [4.69, 9.17) is 4.42 Å². The molecule has 1 aromatic heterocycles. The van der Waals surface area contributed by atoms with Gasteiger partial charge in [0.2, 0.25) is 16.9 Å². The highest BCUT2D eigenvalue weighted by atomic mass is 32.2. The van der Waals surface area contributed by atoms with Crippen LogP contribution in [0.25, 0.3) is 0 Å². The number of fused-ring (bicyclic) bond motifs is 1. The van der Waals surface area contributed by atoms with Crippen LogP contribution in [-0.2, 0) is 24.5 Å². The highest BCUT2D eigenvalue weighted by molar-refractivity contribution is 8.01. The summed E-state index contributed by atoms with van der Waals surface area (Å²) in [6, 6.07) is 5.08. The maximum absolute atomic E-state index is 13.6. The van der Waals surface area contributed by atoms with E-state index in [1.807, 2.05) is 0 Å². The van der Waals surface area contributed by atoms with Crippen molar-refractivity contribution < 1.29 is 42.0 Å². The zero-order chi connectivity index (χ0) is 25.4. The molecule has 5 rings (SSSR count). The molecule has 12 nitrogen and oxygen atoms in total. The van der Waals surface area contributed by atoms with Crippen molar-refractivity contribution in [3.05, 3.63) is 47.7 Å². The van der Waals surface area contributed by atoms with Gasteiger partial charge in [0, 0.05) is 4.75 Å². The third-order valence-electron chi connectivity index (χ3n) is 6.40. The molecule has 3 aliphatic heterocycles. The van der Waals surface area contributed by atoms with E-state index in [0.717, 1.165) is 6.07 Å². The summed E-state index contributed by atoms with van der Waals surface area (Å²) < 4.78 is 36.9. The van der Waals surface area contributed by atoms with Gasteiger partial charge in [-0.3, -0.25) is 19.5 Å². The van der Waals surface area contributed by atoms with Gasteiger partial charge in [0.1, 0.15) is 41.2 Å². The lowest BCUT2D eigenvalue weighted by Gasteiger charge is -2.48. The van der Waals surface area contributed by atoms with E-state index in [1.165, 1.54) is 51.9 Å². The Morgan fingerprint density at radius 2 is 1.74 bits per heavy atom. The van der Waals surface area contributed by atoms with Gasteiger partial charge >= 0.3 is 16.1 Å². The smallest absolute Gasteiger partial charge is 0.328 e. The Morgan fingerprint density at radius 1 is 1.09 bits per heavy atom. The maximum atomic E-state index is 13.6. The van der Waals surface area contributed by atoms with Crippen LogP contribution in [0.1, 0.15) is 37.4 Å². The molecule has 2 amide bonds. The molecule has 4 heterocycles. The molecule has 186 valence electrons. The second-order valence-electron chi connectivity index (χ2n) is 9.01. The maximum Gasteiger partial charge on any atom is 0.328 e. The zero-order valence-electron chi connectivity index (χ0n) is 18.4. The van der Waals surface area contributed by atoms with Crippen LogP contribution >= 0.6 is 11.8 Å². The molecule has 0 saturated carbocycles. The topological polar surface area (TPSA) is 178 Å². The highest BCUT2D eigenvalue weighted by Gasteiger charge is 2.67.